The molecule has 0 aliphatic carbocycles. The van der Waals surface area contributed by atoms with E-state index in [9.17, 15) is 14.7 Å². The molecule has 2 rings (SSSR count). The van der Waals surface area contributed by atoms with Gasteiger partial charge in [-0.1, -0.05) is 0 Å². The van der Waals surface area contributed by atoms with Crippen LogP contribution >= 0.6 is 0 Å². The van der Waals surface area contributed by atoms with Crippen molar-refractivity contribution in [2.45, 2.75) is 45.4 Å². The monoisotopic (exact) mass is 296 g/mol. The standard InChI is InChI=1S/C16H28N2O3/c1-13(19)18-10-6-14(11-16(20)21)15(12-18)5-9-17-7-3-2-4-8-17/h14-15H,2-12H2,1H3,(H,20,21)/t14-,15-/m0/s1. The van der Waals surface area contributed by atoms with Crippen LogP contribution in [-0.2, 0) is 9.59 Å². The third-order valence-corrected chi connectivity index (χ3v) is 5.19. The molecule has 2 heterocycles. The zero-order valence-electron chi connectivity index (χ0n) is 13.1. The van der Waals surface area contributed by atoms with Gasteiger partial charge in [0.05, 0.1) is 19.6 Å². The van der Waals surface area contributed by atoms with Crippen molar-refractivity contribution in [2.24, 2.45) is 11.8 Å². The molecule has 0 unspecified atom stereocenters. The maximum absolute atomic E-state index is 11.6. The molecule has 0 bridgehead atoms. The smallest absolute Gasteiger partial charge is 0.219 e. The van der Waals surface area contributed by atoms with Crippen molar-refractivity contribution in [1.82, 2.24) is 4.90 Å². The summed E-state index contributed by atoms with van der Waals surface area (Å²) in [6.45, 7) is 6.62. The molecule has 5 heteroatoms. The van der Waals surface area contributed by atoms with Crippen molar-refractivity contribution < 1.29 is 19.6 Å². The topological polar surface area (TPSA) is 64.9 Å². The van der Waals surface area contributed by atoms with Gasteiger partial charge in [0, 0.05) is 32.4 Å². The summed E-state index contributed by atoms with van der Waals surface area (Å²) in [7, 11) is 0. The minimum Gasteiger partial charge on any atom is -0.550 e. The van der Waals surface area contributed by atoms with Gasteiger partial charge in [0.1, 0.15) is 0 Å². The molecule has 1 amide bonds. The molecular weight excluding hydrogens is 268 g/mol. The van der Waals surface area contributed by atoms with Gasteiger partial charge >= 0.3 is 0 Å². The van der Waals surface area contributed by atoms with E-state index in [-0.39, 0.29) is 18.2 Å². The SMILES string of the molecule is CC(=O)N1CC[C@@H](CC(=O)[O-])[C@@H](CC[NH+]2CCCCC2)C1. The van der Waals surface area contributed by atoms with E-state index in [2.05, 4.69) is 0 Å². The van der Waals surface area contributed by atoms with E-state index in [0.29, 0.717) is 12.5 Å². The minimum atomic E-state index is -0.952. The van der Waals surface area contributed by atoms with Crippen LogP contribution in [-0.4, -0.2) is 49.5 Å². The fourth-order valence-electron chi connectivity index (χ4n) is 3.87. The number of carbonyl (C=O) groups is 2. The number of nitrogens with one attached hydrogen (secondary N) is 1. The van der Waals surface area contributed by atoms with Crippen molar-refractivity contribution >= 4 is 11.9 Å². The summed E-state index contributed by atoms with van der Waals surface area (Å²) in [5.41, 5.74) is 0. The molecule has 0 aromatic carbocycles. The van der Waals surface area contributed by atoms with Crippen LogP contribution in [0.5, 0.6) is 0 Å². The van der Waals surface area contributed by atoms with Crippen molar-refractivity contribution in [3.63, 3.8) is 0 Å². The number of aliphatic carboxylic acids is 1. The lowest BCUT2D eigenvalue weighted by Gasteiger charge is -2.39. The van der Waals surface area contributed by atoms with Crippen LogP contribution < -0.4 is 10.0 Å². The first-order valence-electron chi connectivity index (χ1n) is 8.35. The Hall–Kier alpha value is -1.10. The van der Waals surface area contributed by atoms with Gasteiger partial charge in [-0.05, 0) is 43.9 Å². The van der Waals surface area contributed by atoms with Crippen LogP contribution in [0.15, 0.2) is 0 Å². The molecule has 2 fully saturated rings. The zero-order valence-corrected chi connectivity index (χ0v) is 13.1. The summed E-state index contributed by atoms with van der Waals surface area (Å²) in [5, 5.41) is 10.9. The number of carboxylic acid groups (broad SMARTS) is 1. The molecule has 0 aromatic heterocycles. The van der Waals surface area contributed by atoms with E-state index < -0.39 is 5.97 Å². The number of amides is 1. The highest BCUT2D eigenvalue weighted by Crippen LogP contribution is 2.28. The van der Waals surface area contributed by atoms with Crippen LogP contribution in [0.1, 0.15) is 45.4 Å². The van der Waals surface area contributed by atoms with Crippen molar-refractivity contribution in [3.8, 4) is 0 Å². The molecule has 0 radical (unpaired) electrons. The highest BCUT2D eigenvalue weighted by molar-refractivity contribution is 5.73. The summed E-state index contributed by atoms with van der Waals surface area (Å²) in [5.74, 6) is -0.353. The lowest BCUT2D eigenvalue weighted by molar-refractivity contribution is -0.905. The average Bonchev–Trinajstić information content (AvgIpc) is 2.46. The second-order valence-electron chi connectivity index (χ2n) is 6.70. The first-order valence-corrected chi connectivity index (χ1v) is 8.35. The van der Waals surface area contributed by atoms with Gasteiger partial charge in [-0.15, -0.1) is 0 Å². The quantitative estimate of drug-likeness (QED) is 0.713. The number of carboxylic acids is 1. The second kappa shape index (κ2) is 7.78. The number of hydrogen-bond donors (Lipinski definition) is 1. The lowest BCUT2D eigenvalue weighted by atomic mass is 9.81. The normalized spacial score (nSPS) is 27.6. The molecule has 5 nitrogen and oxygen atoms in total. The number of rotatable bonds is 5. The van der Waals surface area contributed by atoms with Crippen LogP contribution in [0.25, 0.3) is 0 Å². The second-order valence-corrected chi connectivity index (χ2v) is 6.70. The Morgan fingerprint density at radius 2 is 1.90 bits per heavy atom. The summed E-state index contributed by atoms with van der Waals surface area (Å²) < 4.78 is 0. The first-order chi connectivity index (χ1) is 10.1. The average molecular weight is 296 g/mol. The Labute approximate surface area is 127 Å². The summed E-state index contributed by atoms with van der Waals surface area (Å²) in [6, 6.07) is 0. The van der Waals surface area contributed by atoms with Crippen LogP contribution in [0.2, 0.25) is 0 Å². The fourth-order valence-corrected chi connectivity index (χ4v) is 3.87. The van der Waals surface area contributed by atoms with Gasteiger partial charge in [0.15, 0.2) is 0 Å². The molecule has 0 saturated carbocycles. The highest BCUT2D eigenvalue weighted by atomic mass is 16.4. The largest absolute Gasteiger partial charge is 0.550 e. The molecule has 2 aliphatic rings. The van der Waals surface area contributed by atoms with Crippen LogP contribution in [0.4, 0.5) is 0 Å². The van der Waals surface area contributed by atoms with Crippen molar-refractivity contribution in [2.75, 3.05) is 32.7 Å². The Morgan fingerprint density at radius 3 is 2.52 bits per heavy atom. The summed E-state index contributed by atoms with van der Waals surface area (Å²) in [6.07, 6.45) is 5.93. The Bertz CT molecular complexity index is 367. The van der Waals surface area contributed by atoms with Crippen LogP contribution in [0, 0.1) is 11.8 Å². The van der Waals surface area contributed by atoms with Gasteiger partial charge in [-0.25, -0.2) is 0 Å². The summed E-state index contributed by atoms with van der Waals surface area (Å²) in [4.78, 5) is 26.0. The van der Waals surface area contributed by atoms with Crippen LogP contribution in [0.3, 0.4) is 0 Å². The van der Waals surface area contributed by atoms with E-state index in [4.69, 9.17) is 0 Å². The van der Waals surface area contributed by atoms with E-state index in [1.807, 2.05) is 4.90 Å². The highest BCUT2D eigenvalue weighted by Gasteiger charge is 2.31. The molecule has 2 aliphatic heterocycles. The predicted molar refractivity (Wildman–Crippen MR) is 77.5 cm³/mol. The van der Waals surface area contributed by atoms with Gasteiger partial charge in [0.25, 0.3) is 0 Å². The van der Waals surface area contributed by atoms with Gasteiger partial charge in [-0.3, -0.25) is 4.79 Å². The van der Waals surface area contributed by atoms with Gasteiger partial charge < -0.3 is 19.7 Å². The number of carbonyl (C=O) groups excluding carboxylic acids is 2. The number of nitrogens with zero attached hydrogens (tertiary/aromatic N) is 1. The fraction of sp³-hybridized carbons (Fsp3) is 0.875. The molecule has 2 atom stereocenters. The number of likely N-dealkylation sites (tertiary alicyclic amines) is 2. The zero-order chi connectivity index (χ0) is 15.2. The van der Waals surface area contributed by atoms with E-state index in [1.165, 1.54) is 32.4 Å². The molecule has 120 valence electrons. The number of hydrogen-bond acceptors (Lipinski definition) is 3. The summed E-state index contributed by atoms with van der Waals surface area (Å²) >= 11 is 0. The molecule has 0 spiro atoms. The maximum atomic E-state index is 11.6. The Kier molecular flexibility index (Phi) is 6.03. The van der Waals surface area contributed by atoms with E-state index in [1.54, 1.807) is 11.8 Å². The Balaban J connectivity index is 1.88. The first kappa shape index (κ1) is 16.3. The maximum Gasteiger partial charge on any atom is 0.219 e. The van der Waals surface area contributed by atoms with Gasteiger partial charge in [0.2, 0.25) is 5.91 Å². The molecule has 2 saturated heterocycles. The lowest BCUT2D eigenvalue weighted by Crippen LogP contribution is -3.12. The van der Waals surface area contributed by atoms with Gasteiger partial charge in [-0.2, -0.15) is 0 Å². The third kappa shape index (κ3) is 4.99. The van der Waals surface area contributed by atoms with Crippen molar-refractivity contribution in [3.05, 3.63) is 0 Å². The van der Waals surface area contributed by atoms with E-state index in [0.717, 1.165) is 25.9 Å². The molecular formula is C16H28N2O3. The predicted octanol–water partition coefficient (Wildman–Crippen LogP) is -0.930. The van der Waals surface area contributed by atoms with Crippen molar-refractivity contribution in [1.29, 1.82) is 0 Å². The number of quaternary nitrogens is 1. The number of piperidine rings is 2. The molecule has 1 N–H and O–H groups in total. The Morgan fingerprint density at radius 1 is 1.19 bits per heavy atom. The third-order valence-electron chi connectivity index (χ3n) is 5.19. The molecule has 21 heavy (non-hydrogen) atoms. The van der Waals surface area contributed by atoms with E-state index >= 15 is 0 Å². The molecule has 0 aromatic rings. The minimum absolute atomic E-state index is 0.109.